The van der Waals surface area contributed by atoms with E-state index in [0.717, 1.165) is 32.1 Å². The van der Waals surface area contributed by atoms with Crippen LogP contribution in [0.4, 0.5) is 0 Å². The van der Waals surface area contributed by atoms with Crippen LogP contribution in [0.1, 0.15) is 39.0 Å². The molecule has 1 aliphatic heterocycles. The van der Waals surface area contributed by atoms with Gasteiger partial charge in [-0.3, -0.25) is 10.2 Å². The Morgan fingerprint density at radius 1 is 1.47 bits per heavy atom. The first-order valence-corrected chi connectivity index (χ1v) is 5.66. The average Bonchev–Trinajstić information content (AvgIpc) is 2.17. The second-order valence-electron chi connectivity index (χ2n) is 4.57. The predicted molar refractivity (Wildman–Crippen MR) is 56.8 cm³/mol. The van der Waals surface area contributed by atoms with Gasteiger partial charge in [-0.05, 0) is 31.6 Å². The largest absolute Gasteiger partial charge is 0.463 e. The summed E-state index contributed by atoms with van der Waals surface area (Å²) in [5.74, 6) is 1.08. The highest BCUT2D eigenvalue weighted by atomic mass is 16.5. The van der Waals surface area contributed by atoms with E-state index in [1.807, 2.05) is 0 Å². The lowest BCUT2D eigenvalue weighted by Crippen LogP contribution is -2.48. The van der Waals surface area contributed by atoms with E-state index in [1.54, 1.807) is 0 Å². The number of rotatable bonds is 1. The molecule has 0 amide bonds. The first-order valence-electron chi connectivity index (χ1n) is 5.66. The maximum atomic E-state index is 10.9. The van der Waals surface area contributed by atoms with Gasteiger partial charge in [0.1, 0.15) is 6.10 Å². The molecule has 1 saturated carbocycles. The van der Waals surface area contributed by atoms with E-state index < -0.39 is 0 Å². The van der Waals surface area contributed by atoms with Crippen molar-refractivity contribution in [2.24, 2.45) is 5.92 Å². The third-order valence-electron chi connectivity index (χ3n) is 3.39. The summed E-state index contributed by atoms with van der Waals surface area (Å²) in [5, 5.41) is 10.8. The minimum Gasteiger partial charge on any atom is -0.463 e. The molecular formula is C11H18N2O2. The molecular weight excluding hydrogens is 192 g/mol. The van der Waals surface area contributed by atoms with Crippen LogP contribution in [0.15, 0.2) is 0 Å². The summed E-state index contributed by atoms with van der Waals surface area (Å²) in [6.07, 6.45) is 4.93. The number of esters is 1. The van der Waals surface area contributed by atoms with Crippen LogP contribution in [0.3, 0.4) is 0 Å². The Kier molecular flexibility index (Phi) is 2.93. The van der Waals surface area contributed by atoms with Crippen LogP contribution in [0.2, 0.25) is 0 Å². The molecule has 0 spiro atoms. The van der Waals surface area contributed by atoms with E-state index in [-0.39, 0.29) is 12.1 Å². The molecule has 0 aromatic rings. The molecule has 0 aromatic carbocycles. The third-order valence-corrected chi connectivity index (χ3v) is 3.39. The molecule has 0 radical (unpaired) electrons. The molecule has 2 rings (SSSR count). The Morgan fingerprint density at radius 3 is 3.00 bits per heavy atom. The monoisotopic (exact) mass is 210 g/mol. The number of nitrogens with one attached hydrogen (secondary N) is 2. The van der Waals surface area contributed by atoms with Gasteiger partial charge in [0.15, 0.2) is 0 Å². The molecule has 3 atom stereocenters. The summed E-state index contributed by atoms with van der Waals surface area (Å²) < 4.78 is 5.25. The van der Waals surface area contributed by atoms with E-state index in [4.69, 9.17) is 10.1 Å². The SMILES string of the molecule is CC(=O)OC1CC[C@H]2NC(=N)CC[C@H]2C1. The Balaban J connectivity index is 1.89. The van der Waals surface area contributed by atoms with Crippen molar-refractivity contribution in [2.45, 2.75) is 51.2 Å². The van der Waals surface area contributed by atoms with E-state index in [1.165, 1.54) is 6.92 Å². The van der Waals surface area contributed by atoms with Crippen LogP contribution in [0, 0.1) is 11.3 Å². The van der Waals surface area contributed by atoms with Gasteiger partial charge in [-0.1, -0.05) is 0 Å². The number of carbonyl (C=O) groups excluding carboxylic acids is 1. The first-order chi connectivity index (χ1) is 7.15. The van der Waals surface area contributed by atoms with Gasteiger partial charge in [0, 0.05) is 19.4 Å². The summed E-state index contributed by atoms with van der Waals surface area (Å²) in [4.78, 5) is 10.9. The van der Waals surface area contributed by atoms with Crippen molar-refractivity contribution < 1.29 is 9.53 Å². The highest BCUT2D eigenvalue weighted by Gasteiger charge is 2.34. The number of amidine groups is 1. The fourth-order valence-corrected chi connectivity index (χ4v) is 2.70. The molecule has 84 valence electrons. The Labute approximate surface area is 89.9 Å². The molecule has 0 bridgehead atoms. The van der Waals surface area contributed by atoms with Crippen LogP contribution >= 0.6 is 0 Å². The summed E-state index contributed by atoms with van der Waals surface area (Å²) >= 11 is 0. The summed E-state index contributed by atoms with van der Waals surface area (Å²) in [5.41, 5.74) is 0. The van der Waals surface area contributed by atoms with Crippen molar-refractivity contribution in [3.8, 4) is 0 Å². The van der Waals surface area contributed by atoms with Gasteiger partial charge in [-0.2, -0.15) is 0 Å². The smallest absolute Gasteiger partial charge is 0.302 e. The highest BCUT2D eigenvalue weighted by Crippen LogP contribution is 2.32. The number of fused-ring (bicyclic) bond motifs is 1. The summed E-state index contributed by atoms with van der Waals surface area (Å²) in [7, 11) is 0. The zero-order chi connectivity index (χ0) is 10.8. The van der Waals surface area contributed by atoms with Crippen molar-refractivity contribution in [3.63, 3.8) is 0 Å². The normalized spacial score (nSPS) is 35.3. The fraction of sp³-hybridized carbons (Fsp3) is 0.818. The van der Waals surface area contributed by atoms with Gasteiger partial charge in [0.05, 0.1) is 5.84 Å². The quantitative estimate of drug-likeness (QED) is 0.644. The van der Waals surface area contributed by atoms with E-state index in [9.17, 15) is 4.79 Å². The van der Waals surface area contributed by atoms with Crippen LogP contribution in [0.5, 0.6) is 0 Å². The molecule has 1 aliphatic carbocycles. The van der Waals surface area contributed by atoms with Crippen molar-refractivity contribution in [3.05, 3.63) is 0 Å². The van der Waals surface area contributed by atoms with Gasteiger partial charge in [0.2, 0.25) is 0 Å². The van der Waals surface area contributed by atoms with Crippen LogP contribution < -0.4 is 5.32 Å². The second-order valence-corrected chi connectivity index (χ2v) is 4.57. The van der Waals surface area contributed by atoms with Crippen molar-refractivity contribution >= 4 is 11.8 Å². The maximum absolute atomic E-state index is 10.9. The van der Waals surface area contributed by atoms with E-state index in [2.05, 4.69) is 5.32 Å². The molecule has 2 fully saturated rings. The number of hydrogen-bond acceptors (Lipinski definition) is 3. The number of ether oxygens (including phenoxy) is 1. The van der Waals surface area contributed by atoms with Crippen molar-refractivity contribution in [1.82, 2.24) is 5.32 Å². The standard InChI is InChI=1S/C11H18N2O2/c1-7(14)15-9-3-4-10-8(6-9)2-5-11(12)13-10/h8-10H,2-6H2,1H3,(H2,12,13)/t8-,9?,10+/m0/s1. The molecule has 4 heteroatoms. The molecule has 1 unspecified atom stereocenters. The predicted octanol–water partition coefficient (Wildman–Crippen LogP) is 1.45. The lowest BCUT2D eigenvalue weighted by molar-refractivity contribution is -0.148. The van der Waals surface area contributed by atoms with Gasteiger partial charge in [0.25, 0.3) is 0 Å². The van der Waals surface area contributed by atoms with Crippen LogP contribution in [-0.4, -0.2) is 24.0 Å². The second kappa shape index (κ2) is 4.21. The molecule has 1 saturated heterocycles. The zero-order valence-electron chi connectivity index (χ0n) is 9.08. The lowest BCUT2D eigenvalue weighted by atomic mass is 9.78. The molecule has 15 heavy (non-hydrogen) atoms. The summed E-state index contributed by atoms with van der Waals surface area (Å²) in [6.45, 7) is 1.47. The topological polar surface area (TPSA) is 62.2 Å². The van der Waals surface area contributed by atoms with E-state index in [0.29, 0.717) is 17.8 Å². The Bertz CT molecular complexity index is 278. The molecule has 1 heterocycles. The zero-order valence-corrected chi connectivity index (χ0v) is 9.08. The maximum Gasteiger partial charge on any atom is 0.302 e. The minimum atomic E-state index is -0.171. The van der Waals surface area contributed by atoms with Gasteiger partial charge >= 0.3 is 5.97 Å². The molecule has 4 nitrogen and oxygen atoms in total. The average molecular weight is 210 g/mol. The third kappa shape index (κ3) is 2.49. The molecule has 2 aliphatic rings. The van der Waals surface area contributed by atoms with E-state index >= 15 is 0 Å². The summed E-state index contributed by atoms with van der Waals surface area (Å²) in [6, 6.07) is 0.443. The van der Waals surface area contributed by atoms with Gasteiger partial charge < -0.3 is 10.1 Å². The van der Waals surface area contributed by atoms with Gasteiger partial charge in [-0.25, -0.2) is 0 Å². The van der Waals surface area contributed by atoms with Crippen molar-refractivity contribution in [1.29, 1.82) is 5.41 Å². The number of piperidine rings is 1. The first kappa shape index (κ1) is 10.5. The van der Waals surface area contributed by atoms with Gasteiger partial charge in [-0.15, -0.1) is 0 Å². The highest BCUT2D eigenvalue weighted by molar-refractivity contribution is 5.80. The molecule has 2 N–H and O–H groups in total. The Hall–Kier alpha value is -1.06. The van der Waals surface area contributed by atoms with Crippen LogP contribution in [-0.2, 0) is 9.53 Å². The fourth-order valence-electron chi connectivity index (χ4n) is 2.70. The van der Waals surface area contributed by atoms with Crippen LogP contribution in [0.25, 0.3) is 0 Å². The lowest BCUT2D eigenvalue weighted by Gasteiger charge is -2.39. The Morgan fingerprint density at radius 2 is 2.27 bits per heavy atom. The number of hydrogen-bond donors (Lipinski definition) is 2. The van der Waals surface area contributed by atoms with Crippen molar-refractivity contribution in [2.75, 3.05) is 0 Å². The molecule has 0 aromatic heterocycles. The number of carbonyl (C=O) groups is 1. The minimum absolute atomic E-state index is 0.109.